The van der Waals surface area contributed by atoms with E-state index in [4.69, 9.17) is 11.6 Å². The van der Waals surface area contributed by atoms with Crippen LogP contribution in [0.5, 0.6) is 0 Å². The first kappa shape index (κ1) is 27.3. The summed E-state index contributed by atoms with van der Waals surface area (Å²) in [4.78, 5) is 13.9. The zero-order chi connectivity index (χ0) is 26.6. The summed E-state index contributed by atoms with van der Waals surface area (Å²) < 4.78 is 26.6. The molecule has 11 heteroatoms. The van der Waals surface area contributed by atoms with Gasteiger partial charge in [-0.1, -0.05) is 35.9 Å². The molecule has 0 atom stereocenters. The van der Waals surface area contributed by atoms with Gasteiger partial charge in [0.1, 0.15) is 9.92 Å². The Morgan fingerprint density at radius 3 is 2.32 bits per heavy atom. The van der Waals surface area contributed by atoms with Crippen LogP contribution >= 0.6 is 11.6 Å². The highest BCUT2D eigenvalue weighted by Gasteiger charge is 2.22. The van der Waals surface area contributed by atoms with Crippen LogP contribution in [0.15, 0.2) is 59.6 Å². The minimum atomic E-state index is -3.66. The number of aromatic nitrogens is 2. The molecule has 198 valence electrons. The first-order chi connectivity index (χ1) is 17.6. The monoisotopic (exact) mass is 543 g/mol. The van der Waals surface area contributed by atoms with Crippen LogP contribution in [0.25, 0.3) is 0 Å². The van der Waals surface area contributed by atoms with Crippen LogP contribution < -0.4 is 10.6 Å². The van der Waals surface area contributed by atoms with Gasteiger partial charge in [-0.3, -0.25) is 9.80 Å². The van der Waals surface area contributed by atoms with E-state index in [1.54, 1.807) is 18.2 Å². The fourth-order valence-corrected chi connectivity index (χ4v) is 5.33. The first-order valence-electron chi connectivity index (χ1n) is 12.3. The fourth-order valence-electron chi connectivity index (χ4n) is 4.15. The number of nitrogens with one attached hydrogen (secondary N) is 2. The molecular formula is C26H34ClN7O2S. The summed E-state index contributed by atoms with van der Waals surface area (Å²) in [6.45, 7) is 9.78. The van der Waals surface area contributed by atoms with Crippen molar-refractivity contribution < 1.29 is 8.42 Å². The van der Waals surface area contributed by atoms with Gasteiger partial charge in [0.2, 0.25) is 16.0 Å². The number of para-hydroxylation sites is 1. The molecule has 0 bridgehead atoms. The van der Waals surface area contributed by atoms with Crippen molar-refractivity contribution in [3.8, 4) is 0 Å². The van der Waals surface area contributed by atoms with Gasteiger partial charge in [-0.25, -0.2) is 17.7 Å². The average molecular weight is 544 g/mol. The predicted molar refractivity (Wildman–Crippen MR) is 149 cm³/mol. The van der Waals surface area contributed by atoms with E-state index < -0.39 is 10.0 Å². The Morgan fingerprint density at radius 1 is 1.00 bits per heavy atom. The summed E-state index contributed by atoms with van der Waals surface area (Å²) in [6.07, 6.45) is 1.48. The molecule has 0 unspecified atom stereocenters. The minimum Gasteiger partial charge on any atom is -0.338 e. The van der Waals surface area contributed by atoms with E-state index in [-0.39, 0.29) is 9.92 Å². The number of sulfonamides is 1. The lowest BCUT2D eigenvalue weighted by Crippen LogP contribution is -2.48. The SMILES string of the molecule is CC(C)N1CCN(Cc2ccc(Nc3ncc(Cl)c(Nc4ccccc4S(=O)(=O)N(C)C)n3)cc2)CC1. The Kier molecular flexibility index (Phi) is 8.66. The summed E-state index contributed by atoms with van der Waals surface area (Å²) in [5.41, 5.74) is 2.47. The van der Waals surface area contributed by atoms with Crippen LogP contribution in [0.3, 0.4) is 0 Å². The Morgan fingerprint density at radius 2 is 1.68 bits per heavy atom. The van der Waals surface area contributed by atoms with Gasteiger partial charge in [0, 0.05) is 58.5 Å². The van der Waals surface area contributed by atoms with Crippen molar-refractivity contribution in [3.63, 3.8) is 0 Å². The number of rotatable bonds is 9. The van der Waals surface area contributed by atoms with Crippen molar-refractivity contribution in [1.82, 2.24) is 24.1 Å². The van der Waals surface area contributed by atoms with Crippen LogP contribution in [0.4, 0.5) is 23.1 Å². The summed E-state index contributed by atoms with van der Waals surface area (Å²) >= 11 is 6.34. The van der Waals surface area contributed by atoms with Gasteiger partial charge >= 0.3 is 0 Å². The normalized spacial score (nSPS) is 15.3. The van der Waals surface area contributed by atoms with Crippen LogP contribution in [-0.2, 0) is 16.6 Å². The third kappa shape index (κ3) is 6.77. The van der Waals surface area contributed by atoms with Gasteiger partial charge in [-0.15, -0.1) is 0 Å². The van der Waals surface area contributed by atoms with E-state index in [0.29, 0.717) is 23.5 Å². The minimum absolute atomic E-state index is 0.130. The Bertz CT molecular complexity index is 1310. The highest BCUT2D eigenvalue weighted by Crippen LogP contribution is 2.30. The fraction of sp³-hybridized carbons (Fsp3) is 0.385. The molecule has 0 spiro atoms. The van der Waals surface area contributed by atoms with Crippen molar-refractivity contribution in [2.75, 3.05) is 50.9 Å². The van der Waals surface area contributed by atoms with Crippen LogP contribution in [-0.4, -0.2) is 78.8 Å². The lowest BCUT2D eigenvalue weighted by Gasteiger charge is -2.36. The maximum atomic E-state index is 12.7. The maximum Gasteiger partial charge on any atom is 0.244 e. The molecule has 0 amide bonds. The van der Waals surface area contributed by atoms with Crippen molar-refractivity contribution >= 4 is 44.8 Å². The van der Waals surface area contributed by atoms with E-state index >= 15 is 0 Å². The van der Waals surface area contributed by atoms with Crippen molar-refractivity contribution in [1.29, 1.82) is 0 Å². The molecular weight excluding hydrogens is 510 g/mol. The predicted octanol–water partition coefficient (Wildman–Crippen LogP) is 4.39. The van der Waals surface area contributed by atoms with E-state index in [0.717, 1.165) is 42.7 Å². The number of halogens is 1. The van der Waals surface area contributed by atoms with Crippen molar-refractivity contribution in [3.05, 3.63) is 65.3 Å². The lowest BCUT2D eigenvalue weighted by molar-refractivity contribution is 0.104. The summed E-state index contributed by atoms with van der Waals surface area (Å²) in [5, 5.41) is 6.53. The number of anilines is 4. The zero-order valence-corrected chi connectivity index (χ0v) is 23.2. The summed E-state index contributed by atoms with van der Waals surface area (Å²) in [6, 6.07) is 15.4. The van der Waals surface area contributed by atoms with E-state index in [1.165, 1.54) is 31.9 Å². The van der Waals surface area contributed by atoms with Crippen LogP contribution in [0.2, 0.25) is 5.02 Å². The largest absolute Gasteiger partial charge is 0.338 e. The highest BCUT2D eigenvalue weighted by molar-refractivity contribution is 7.89. The standard InChI is InChI=1S/C26H34ClN7O2S/c1-19(2)34-15-13-33(14-16-34)18-20-9-11-21(12-10-20)29-26-28-17-22(27)25(31-26)30-23-7-5-6-8-24(23)37(35,36)32(3)4/h5-12,17,19H,13-16,18H2,1-4H3,(H2,28,29,30,31). The quantitative estimate of drug-likeness (QED) is 0.410. The zero-order valence-electron chi connectivity index (χ0n) is 21.6. The third-order valence-corrected chi connectivity index (χ3v) is 8.55. The molecule has 3 aromatic rings. The molecule has 37 heavy (non-hydrogen) atoms. The molecule has 1 fully saturated rings. The number of nitrogens with zero attached hydrogens (tertiary/aromatic N) is 5. The first-order valence-corrected chi connectivity index (χ1v) is 14.1. The molecule has 0 saturated carbocycles. The molecule has 1 aliphatic heterocycles. The molecule has 0 aliphatic carbocycles. The second-order valence-corrected chi connectivity index (χ2v) is 12.1. The number of hydrogen-bond acceptors (Lipinski definition) is 8. The number of piperazine rings is 1. The number of hydrogen-bond donors (Lipinski definition) is 2. The Hall–Kier alpha value is -2.76. The molecule has 4 rings (SSSR count). The van der Waals surface area contributed by atoms with E-state index in [9.17, 15) is 8.42 Å². The Balaban J connectivity index is 1.43. The van der Waals surface area contributed by atoms with Crippen molar-refractivity contribution in [2.45, 2.75) is 31.3 Å². The van der Waals surface area contributed by atoms with Crippen LogP contribution in [0, 0.1) is 0 Å². The molecule has 2 heterocycles. The molecule has 2 aromatic carbocycles. The second-order valence-electron chi connectivity index (χ2n) is 9.53. The topological polar surface area (TPSA) is 93.7 Å². The van der Waals surface area contributed by atoms with Crippen LogP contribution in [0.1, 0.15) is 19.4 Å². The van der Waals surface area contributed by atoms with Gasteiger partial charge < -0.3 is 10.6 Å². The summed E-state index contributed by atoms with van der Waals surface area (Å²) in [5.74, 6) is 0.648. The van der Waals surface area contributed by atoms with Gasteiger partial charge in [0.05, 0.1) is 11.9 Å². The van der Waals surface area contributed by atoms with Gasteiger partial charge in [0.15, 0.2) is 5.82 Å². The molecule has 2 N–H and O–H groups in total. The lowest BCUT2D eigenvalue weighted by atomic mass is 10.1. The molecule has 1 aliphatic rings. The molecule has 1 aromatic heterocycles. The van der Waals surface area contributed by atoms with E-state index in [2.05, 4.69) is 56.4 Å². The van der Waals surface area contributed by atoms with Gasteiger partial charge in [-0.2, -0.15) is 4.98 Å². The smallest absolute Gasteiger partial charge is 0.244 e. The van der Waals surface area contributed by atoms with E-state index in [1.807, 2.05) is 12.1 Å². The highest BCUT2D eigenvalue weighted by atomic mass is 35.5. The van der Waals surface area contributed by atoms with Crippen molar-refractivity contribution in [2.24, 2.45) is 0 Å². The maximum absolute atomic E-state index is 12.7. The molecule has 0 radical (unpaired) electrons. The summed E-state index contributed by atoms with van der Waals surface area (Å²) in [7, 11) is -0.678. The molecule has 1 saturated heterocycles. The Labute approximate surface area is 224 Å². The molecule has 9 nitrogen and oxygen atoms in total. The number of benzene rings is 2. The van der Waals surface area contributed by atoms with Gasteiger partial charge in [0.25, 0.3) is 0 Å². The average Bonchev–Trinajstić information content (AvgIpc) is 2.87. The third-order valence-electron chi connectivity index (χ3n) is 6.40. The second kappa shape index (κ2) is 11.7. The van der Waals surface area contributed by atoms with Gasteiger partial charge in [-0.05, 0) is 43.7 Å².